The fourth-order valence-electron chi connectivity index (χ4n) is 11.3. The number of para-hydroxylation sites is 4. The summed E-state index contributed by atoms with van der Waals surface area (Å²) in [5, 5.41) is 0. The SMILES string of the molecule is Cc1cccc(C)c1N=c1oc2cc3c(cc2oc1=Nc1c(C)cccc1C)[C@@]1(CC(C)(C)c2cc4oc(=Nc5ccccc5C(C)(C)C)c(=Nc5ccccc5C(C)(C)C)oc4cc21)CC3(C)C.[Br][Ni][Br].[Br][Ni][Br]. The molecule has 0 unspecified atom stereocenters. The van der Waals surface area contributed by atoms with E-state index in [1.807, 2.05) is 36.4 Å². The van der Waals surface area contributed by atoms with Crippen LogP contribution in [0.2, 0.25) is 0 Å². The number of benzene rings is 6. The molecule has 2 aromatic heterocycles. The first-order chi connectivity index (χ1) is 35.3. The zero-order valence-electron chi connectivity index (χ0n) is 44.9. The van der Waals surface area contributed by atoms with Crippen LogP contribution in [-0.4, -0.2) is 0 Å². The van der Waals surface area contributed by atoms with E-state index in [4.69, 9.17) is 37.6 Å². The molecular formula is C61H64Br4N4Ni2O4. The molecule has 6 aromatic carbocycles. The number of rotatable bonds is 4. The zero-order valence-corrected chi connectivity index (χ0v) is 53.2. The van der Waals surface area contributed by atoms with E-state index in [0.29, 0.717) is 44.5 Å². The fraction of sp³-hybridized carbons (Fsp3) is 0.344. The van der Waals surface area contributed by atoms with Gasteiger partial charge >= 0.3 is 78.7 Å². The molecule has 0 saturated carbocycles. The molecule has 1 spiro atoms. The van der Waals surface area contributed by atoms with Crippen molar-refractivity contribution in [3.8, 4) is 0 Å². The predicted octanol–water partition coefficient (Wildman–Crippen LogP) is 18.1. The second kappa shape index (κ2) is 22.5. The molecule has 75 heavy (non-hydrogen) atoms. The molecule has 0 amide bonds. The van der Waals surface area contributed by atoms with Crippen molar-refractivity contribution in [2.75, 3.05) is 0 Å². The molecule has 0 N–H and O–H groups in total. The molecular weight excluding hydrogens is 1290 g/mol. The van der Waals surface area contributed by atoms with Crippen molar-refractivity contribution in [1.29, 1.82) is 0 Å². The molecule has 0 saturated heterocycles. The first-order valence-corrected chi connectivity index (χ1v) is 34.5. The molecule has 0 fully saturated rings. The van der Waals surface area contributed by atoms with Gasteiger partial charge in [0.15, 0.2) is 22.3 Å². The Hall–Kier alpha value is -3.89. The minimum absolute atomic E-state index is 0.157. The monoisotopic (exact) mass is 1350 g/mol. The van der Waals surface area contributed by atoms with E-state index in [1.165, 1.54) is 44.0 Å². The summed E-state index contributed by atoms with van der Waals surface area (Å²) in [6, 6.07) is 37.6. The van der Waals surface area contributed by atoms with E-state index in [2.05, 4.69) is 227 Å². The summed E-state index contributed by atoms with van der Waals surface area (Å²) in [5.74, 6) is 0. The van der Waals surface area contributed by atoms with Crippen LogP contribution in [0.4, 0.5) is 22.7 Å². The van der Waals surface area contributed by atoms with E-state index in [-0.39, 0.29) is 27.1 Å². The van der Waals surface area contributed by atoms with E-state index < -0.39 is 0 Å². The Labute approximate surface area is 480 Å². The molecule has 2 heterocycles. The van der Waals surface area contributed by atoms with Gasteiger partial charge in [-0.05, 0) is 154 Å². The van der Waals surface area contributed by atoms with Crippen LogP contribution in [0.25, 0.3) is 22.3 Å². The molecule has 2 aliphatic rings. The Morgan fingerprint density at radius 3 is 1.00 bits per heavy atom. The van der Waals surface area contributed by atoms with Crippen LogP contribution in [0.1, 0.15) is 138 Å². The number of halogens is 4. The summed E-state index contributed by atoms with van der Waals surface area (Å²) in [6.07, 6.45) is 1.74. The van der Waals surface area contributed by atoms with Gasteiger partial charge in [0.2, 0.25) is 0 Å². The third-order valence-electron chi connectivity index (χ3n) is 14.5. The average molecular weight is 1350 g/mol. The second-order valence-electron chi connectivity index (χ2n) is 23.1. The molecule has 8 aromatic rings. The van der Waals surface area contributed by atoms with Crippen LogP contribution in [0.5, 0.6) is 0 Å². The Bertz CT molecular complexity index is 3740. The van der Waals surface area contributed by atoms with Crippen molar-refractivity contribution in [2.24, 2.45) is 20.0 Å². The van der Waals surface area contributed by atoms with Crippen LogP contribution in [0.15, 0.2) is 147 Å². The van der Waals surface area contributed by atoms with Crippen molar-refractivity contribution in [1.82, 2.24) is 0 Å². The quantitative estimate of drug-likeness (QED) is 0.164. The Balaban J connectivity index is 0.00000119. The van der Waals surface area contributed by atoms with Gasteiger partial charge in [0.25, 0.3) is 22.2 Å². The molecule has 0 bridgehead atoms. The van der Waals surface area contributed by atoms with Gasteiger partial charge in [-0.3, -0.25) is 0 Å². The fourth-order valence-corrected chi connectivity index (χ4v) is 11.3. The number of aryl methyl sites for hydroxylation is 4. The number of fused-ring (bicyclic) bond motifs is 6. The Morgan fingerprint density at radius 1 is 0.413 bits per heavy atom. The maximum atomic E-state index is 7.03. The Kier molecular flexibility index (Phi) is 17.2. The van der Waals surface area contributed by atoms with E-state index in [1.54, 1.807) is 0 Å². The first-order valence-electron chi connectivity index (χ1n) is 24.8. The predicted molar refractivity (Wildman–Crippen MR) is 312 cm³/mol. The van der Waals surface area contributed by atoms with Crippen LogP contribution in [0.3, 0.4) is 0 Å². The molecule has 400 valence electrons. The van der Waals surface area contributed by atoms with Crippen LogP contribution < -0.4 is 22.2 Å². The topological polar surface area (TPSA) is 102 Å². The van der Waals surface area contributed by atoms with Crippen molar-refractivity contribution >= 4 is 102 Å². The van der Waals surface area contributed by atoms with Gasteiger partial charge in [-0.1, -0.05) is 142 Å². The van der Waals surface area contributed by atoms with Crippen LogP contribution >= 0.6 is 56.9 Å². The van der Waals surface area contributed by atoms with Crippen molar-refractivity contribution in [3.05, 3.63) is 187 Å². The van der Waals surface area contributed by atoms with Gasteiger partial charge in [-0.2, -0.15) is 0 Å². The number of nitrogens with zero attached hydrogens (tertiary/aromatic N) is 4. The third kappa shape index (κ3) is 11.8. The molecule has 8 nitrogen and oxygen atoms in total. The van der Waals surface area contributed by atoms with Gasteiger partial charge < -0.3 is 17.7 Å². The van der Waals surface area contributed by atoms with E-state index >= 15 is 0 Å². The van der Waals surface area contributed by atoms with Crippen molar-refractivity contribution < 1.29 is 39.5 Å². The van der Waals surface area contributed by atoms with E-state index in [9.17, 15) is 0 Å². The standard InChI is InChI=1S/C61H64N4O4.4BrH.2Ni/c1-35-21-19-22-36(2)51(35)64-55-56(65-52-37(3)23-20-24-38(52)4)69-50-32-44-42(30-48(50)68-55)60(13,14)34-61(44)33-59(11,12)41-29-47-49(31-43(41)61)67-54(63-46-28-18-16-26-40(46)58(8,9)10)53(66-47)62-45-27-17-15-25-39(45)57(5,6)7;;;;;;/h15-32H,33-34H2,1-14H3;4*1H;;/q;;;;;2*+2/p-4/t61-;;;;;;/m0....../s1. The average Bonchev–Trinajstić information content (AvgIpc) is 3.68. The van der Waals surface area contributed by atoms with Gasteiger partial charge in [-0.25, -0.2) is 20.0 Å². The minimum atomic E-state index is -0.388. The molecule has 10 rings (SSSR count). The van der Waals surface area contributed by atoms with Gasteiger partial charge in [0, 0.05) is 5.41 Å². The van der Waals surface area contributed by atoms with Crippen molar-refractivity contribution in [3.63, 3.8) is 0 Å². The summed E-state index contributed by atoms with van der Waals surface area (Å²) in [4.78, 5) is 20.8. The maximum absolute atomic E-state index is 7.03. The summed E-state index contributed by atoms with van der Waals surface area (Å²) < 4.78 is 27.8. The first kappa shape index (κ1) is 57.3. The second-order valence-corrected chi connectivity index (χ2v) is 33.0. The molecule has 0 radical (unpaired) electrons. The Morgan fingerprint density at radius 2 is 0.693 bits per heavy atom. The van der Waals surface area contributed by atoms with Gasteiger partial charge in [-0.15, -0.1) is 0 Å². The third-order valence-corrected chi connectivity index (χ3v) is 14.5. The normalized spacial score (nSPS) is 17.6. The summed E-state index contributed by atoms with van der Waals surface area (Å²) in [7, 11) is 2.50. The summed E-state index contributed by atoms with van der Waals surface area (Å²) in [6.45, 7) is 30.8. The molecule has 14 heteroatoms. The van der Waals surface area contributed by atoms with Crippen LogP contribution in [0, 0.1) is 27.7 Å². The molecule has 1 atom stereocenters. The number of hydrogen-bond donors (Lipinski definition) is 0. The van der Waals surface area contributed by atoms with Gasteiger partial charge in [0.1, 0.15) is 0 Å². The van der Waals surface area contributed by atoms with Crippen LogP contribution in [-0.2, 0) is 48.9 Å². The summed E-state index contributed by atoms with van der Waals surface area (Å²) >= 11 is 12.0. The van der Waals surface area contributed by atoms with Gasteiger partial charge in [0.05, 0.1) is 22.7 Å². The molecule has 2 aliphatic carbocycles. The van der Waals surface area contributed by atoms with Crippen molar-refractivity contribution in [2.45, 2.75) is 137 Å². The number of hydrogen-bond acceptors (Lipinski definition) is 8. The molecule has 0 aliphatic heterocycles. The zero-order chi connectivity index (χ0) is 54.4. The van der Waals surface area contributed by atoms with E-state index in [0.717, 1.165) is 69.0 Å². The summed E-state index contributed by atoms with van der Waals surface area (Å²) in [5.41, 5.74) is 17.1.